The molecule has 1 aliphatic carbocycles. The second-order valence-electron chi connectivity index (χ2n) is 7.13. The van der Waals surface area contributed by atoms with E-state index < -0.39 is 5.92 Å². The number of morpholine rings is 1. The molecule has 3 heterocycles. The van der Waals surface area contributed by atoms with E-state index in [9.17, 15) is 8.78 Å². The van der Waals surface area contributed by atoms with Crippen molar-refractivity contribution < 1.29 is 18.3 Å². The molecule has 1 saturated heterocycles. The van der Waals surface area contributed by atoms with Gasteiger partial charge in [-0.1, -0.05) is 0 Å². The van der Waals surface area contributed by atoms with Crippen molar-refractivity contribution in [3.8, 4) is 5.88 Å². The minimum absolute atomic E-state index is 0.122. The summed E-state index contributed by atoms with van der Waals surface area (Å²) in [5, 5.41) is 0.719. The van der Waals surface area contributed by atoms with Gasteiger partial charge in [-0.15, -0.1) is 0 Å². The van der Waals surface area contributed by atoms with Crippen LogP contribution in [0, 0.1) is 19.8 Å². The molecule has 1 aliphatic heterocycles. The van der Waals surface area contributed by atoms with Gasteiger partial charge >= 0.3 is 0 Å². The van der Waals surface area contributed by atoms with E-state index in [1.54, 1.807) is 0 Å². The molecule has 2 aromatic heterocycles. The Kier molecular flexibility index (Phi) is 4.38. The fraction of sp³-hybridized carbons (Fsp3) is 0.611. The van der Waals surface area contributed by atoms with E-state index >= 15 is 0 Å². The van der Waals surface area contributed by atoms with Gasteiger partial charge in [0.25, 0.3) is 0 Å². The largest absolute Gasteiger partial charge is 0.477 e. The van der Waals surface area contributed by atoms with Crippen molar-refractivity contribution in [3.05, 3.63) is 17.3 Å². The SMILES string of the molecule is Cc1cc2c(OCC3CC(F)(F)C3)nc(N3CCOCC3)nc2nc1C. The maximum absolute atomic E-state index is 13.1. The van der Waals surface area contributed by atoms with Crippen LogP contribution in [0.3, 0.4) is 0 Å². The third-order valence-electron chi connectivity index (χ3n) is 5.01. The Hall–Kier alpha value is -2.09. The quantitative estimate of drug-likeness (QED) is 0.831. The molecular formula is C18H22F2N4O2. The topological polar surface area (TPSA) is 60.4 Å². The smallest absolute Gasteiger partial charge is 0.248 e. The average Bonchev–Trinajstić information content (AvgIpc) is 2.59. The van der Waals surface area contributed by atoms with Crippen molar-refractivity contribution in [2.45, 2.75) is 32.6 Å². The predicted octanol–water partition coefficient (Wildman–Crippen LogP) is 2.90. The normalized spacial score (nSPS) is 20.2. The van der Waals surface area contributed by atoms with Crippen LogP contribution in [0.15, 0.2) is 6.07 Å². The van der Waals surface area contributed by atoms with Gasteiger partial charge in [-0.05, 0) is 25.5 Å². The number of fused-ring (bicyclic) bond motifs is 1. The van der Waals surface area contributed by atoms with E-state index in [0.29, 0.717) is 43.8 Å². The van der Waals surface area contributed by atoms with Crippen LogP contribution < -0.4 is 9.64 Å². The average molecular weight is 364 g/mol. The molecule has 4 rings (SSSR count). The van der Waals surface area contributed by atoms with Crippen molar-refractivity contribution in [3.63, 3.8) is 0 Å². The molecule has 0 aromatic carbocycles. The zero-order valence-electron chi connectivity index (χ0n) is 15.0. The van der Waals surface area contributed by atoms with Crippen LogP contribution in [0.25, 0.3) is 11.0 Å². The summed E-state index contributed by atoms with van der Waals surface area (Å²) in [5.41, 5.74) is 2.48. The van der Waals surface area contributed by atoms with Crippen LogP contribution in [0.2, 0.25) is 0 Å². The lowest BCUT2D eigenvalue weighted by Gasteiger charge is -2.34. The summed E-state index contributed by atoms with van der Waals surface area (Å²) >= 11 is 0. The number of ether oxygens (including phenoxy) is 2. The van der Waals surface area contributed by atoms with Crippen LogP contribution in [-0.4, -0.2) is 53.8 Å². The first-order valence-corrected chi connectivity index (χ1v) is 8.91. The number of nitrogens with zero attached hydrogens (tertiary/aromatic N) is 4. The summed E-state index contributed by atoms with van der Waals surface area (Å²) in [6, 6.07) is 1.95. The lowest BCUT2D eigenvalue weighted by atomic mass is 9.82. The number of aryl methyl sites for hydroxylation is 2. The summed E-state index contributed by atoms with van der Waals surface area (Å²) in [6.45, 7) is 6.77. The zero-order valence-corrected chi connectivity index (χ0v) is 15.0. The molecule has 8 heteroatoms. The van der Waals surface area contributed by atoms with Crippen LogP contribution in [-0.2, 0) is 4.74 Å². The minimum Gasteiger partial charge on any atom is -0.477 e. The first-order valence-electron chi connectivity index (χ1n) is 8.91. The van der Waals surface area contributed by atoms with Crippen molar-refractivity contribution in [1.29, 1.82) is 0 Å². The highest BCUT2D eigenvalue weighted by Gasteiger charge is 2.45. The minimum atomic E-state index is -2.55. The lowest BCUT2D eigenvalue weighted by Crippen LogP contribution is -2.39. The molecule has 140 valence electrons. The second kappa shape index (κ2) is 6.57. The fourth-order valence-electron chi connectivity index (χ4n) is 3.32. The van der Waals surface area contributed by atoms with E-state index in [4.69, 9.17) is 9.47 Å². The summed E-state index contributed by atoms with van der Waals surface area (Å²) in [5.74, 6) is -1.72. The zero-order chi connectivity index (χ0) is 18.3. The number of pyridine rings is 1. The molecule has 2 fully saturated rings. The Morgan fingerprint density at radius 1 is 1.19 bits per heavy atom. The Labute approximate surface area is 150 Å². The van der Waals surface area contributed by atoms with Crippen LogP contribution in [0.4, 0.5) is 14.7 Å². The molecule has 0 spiro atoms. The maximum Gasteiger partial charge on any atom is 0.248 e. The number of hydrogen-bond acceptors (Lipinski definition) is 6. The van der Waals surface area contributed by atoms with E-state index in [0.717, 1.165) is 16.6 Å². The summed E-state index contributed by atoms with van der Waals surface area (Å²) in [7, 11) is 0. The van der Waals surface area contributed by atoms with E-state index in [-0.39, 0.29) is 25.4 Å². The first kappa shape index (κ1) is 17.3. The predicted molar refractivity (Wildman–Crippen MR) is 93.0 cm³/mol. The van der Waals surface area contributed by atoms with Gasteiger partial charge in [0.2, 0.25) is 17.8 Å². The third-order valence-corrected chi connectivity index (χ3v) is 5.01. The van der Waals surface area contributed by atoms with Gasteiger partial charge in [0, 0.05) is 37.5 Å². The van der Waals surface area contributed by atoms with E-state index in [1.807, 2.05) is 24.8 Å². The van der Waals surface area contributed by atoms with Crippen molar-refractivity contribution in [1.82, 2.24) is 15.0 Å². The van der Waals surface area contributed by atoms with Crippen LogP contribution >= 0.6 is 0 Å². The van der Waals surface area contributed by atoms with Gasteiger partial charge < -0.3 is 14.4 Å². The van der Waals surface area contributed by atoms with Crippen LogP contribution in [0.5, 0.6) is 5.88 Å². The molecule has 0 unspecified atom stereocenters. The summed E-state index contributed by atoms with van der Waals surface area (Å²) in [6.07, 6.45) is -0.245. The van der Waals surface area contributed by atoms with E-state index in [1.165, 1.54) is 0 Å². The third kappa shape index (κ3) is 3.42. The monoisotopic (exact) mass is 364 g/mol. The van der Waals surface area contributed by atoms with Crippen LogP contribution in [0.1, 0.15) is 24.1 Å². The van der Waals surface area contributed by atoms with Gasteiger partial charge in [-0.25, -0.2) is 13.8 Å². The molecule has 0 bridgehead atoms. The molecule has 1 saturated carbocycles. The molecule has 0 atom stereocenters. The number of rotatable bonds is 4. The number of hydrogen-bond donors (Lipinski definition) is 0. The standard InChI is InChI=1S/C18H22F2N4O2/c1-11-7-14-15(21-12(11)2)22-17(24-3-5-25-6-4-24)23-16(14)26-10-13-8-18(19,20)9-13/h7,13H,3-6,8-10H2,1-2H3. The molecule has 6 nitrogen and oxygen atoms in total. The van der Waals surface area contributed by atoms with Gasteiger partial charge in [0.05, 0.1) is 25.2 Å². The molecule has 0 radical (unpaired) electrons. The molecule has 2 aliphatic rings. The van der Waals surface area contributed by atoms with Gasteiger partial charge in [0.1, 0.15) is 0 Å². The number of alkyl halides is 2. The number of anilines is 1. The van der Waals surface area contributed by atoms with Crippen molar-refractivity contribution in [2.24, 2.45) is 5.92 Å². The molecular weight excluding hydrogens is 342 g/mol. The Bertz CT molecular complexity index is 816. The fourth-order valence-corrected chi connectivity index (χ4v) is 3.32. The summed E-state index contributed by atoms with van der Waals surface area (Å²) < 4.78 is 37.4. The maximum atomic E-state index is 13.1. The van der Waals surface area contributed by atoms with Gasteiger partial charge in [0.15, 0.2) is 5.65 Å². The summed E-state index contributed by atoms with van der Waals surface area (Å²) in [4.78, 5) is 15.8. The Morgan fingerprint density at radius 3 is 2.62 bits per heavy atom. The molecule has 2 aromatic rings. The highest BCUT2D eigenvalue weighted by atomic mass is 19.3. The molecule has 0 amide bonds. The van der Waals surface area contributed by atoms with Gasteiger partial charge in [-0.2, -0.15) is 9.97 Å². The highest BCUT2D eigenvalue weighted by Crippen LogP contribution is 2.42. The van der Waals surface area contributed by atoms with Gasteiger partial charge in [-0.3, -0.25) is 0 Å². The highest BCUT2D eigenvalue weighted by molar-refractivity contribution is 5.82. The second-order valence-corrected chi connectivity index (χ2v) is 7.13. The molecule has 0 N–H and O–H groups in total. The Balaban J connectivity index is 1.64. The first-order chi connectivity index (χ1) is 12.4. The lowest BCUT2D eigenvalue weighted by molar-refractivity contribution is -0.119. The van der Waals surface area contributed by atoms with Crippen molar-refractivity contribution >= 4 is 17.0 Å². The van der Waals surface area contributed by atoms with E-state index in [2.05, 4.69) is 15.0 Å². The molecule has 26 heavy (non-hydrogen) atoms. The number of halogens is 2. The van der Waals surface area contributed by atoms with Crippen molar-refractivity contribution in [2.75, 3.05) is 37.8 Å². The number of aromatic nitrogens is 3. The Morgan fingerprint density at radius 2 is 1.92 bits per heavy atom.